The number of ether oxygens (including phenoxy) is 1. The molecule has 0 saturated carbocycles. The summed E-state index contributed by atoms with van der Waals surface area (Å²) in [6.07, 6.45) is 3.70. The van der Waals surface area contributed by atoms with Gasteiger partial charge in [0.15, 0.2) is 0 Å². The summed E-state index contributed by atoms with van der Waals surface area (Å²) in [5.41, 5.74) is 3.25. The van der Waals surface area contributed by atoms with Crippen LogP contribution in [0.5, 0.6) is 5.75 Å². The summed E-state index contributed by atoms with van der Waals surface area (Å²) in [5.74, 6) is 5.36. The Labute approximate surface area is 172 Å². The summed E-state index contributed by atoms with van der Waals surface area (Å²) in [4.78, 5) is 26.0. The Bertz CT molecular complexity index is 935. The summed E-state index contributed by atoms with van der Waals surface area (Å²) in [5, 5.41) is 11.5. The van der Waals surface area contributed by atoms with Gasteiger partial charge in [-0.3, -0.25) is 9.59 Å². The molecule has 0 fully saturated rings. The monoisotopic (exact) mass is 360 g/mol. The Morgan fingerprint density at radius 3 is 2.88 bits per heavy atom. The van der Waals surface area contributed by atoms with Crippen LogP contribution in [-0.4, -0.2) is 58.6 Å². The average molecular weight is 360 g/mol. The topological polar surface area (TPSA) is 91.4 Å². The van der Waals surface area contributed by atoms with Gasteiger partial charge in [0.1, 0.15) is 5.75 Å². The normalized spacial score (nSPS) is 13.3. The molecule has 1 amide bonds. The molecule has 128 valence electrons. The van der Waals surface area contributed by atoms with Gasteiger partial charge in [0.2, 0.25) is 0 Å². The molecular formula is C19H17N2NaO4. The van der Waals surface area contributed by atoms with Crippen LogP contribution in [0.1, 0.15) is 29.7 Å². The first-order chi connectivity index (χ1) is 12.1. The molecule has 26 heavy (non-hydrogen) atoms. The Balaban J connectivity index is 0.00000243. The van der Waals surface area contributed by atoms with Crippen LogP contribution in [0.25, 0.3) is 11.6 Å². The third kappa shape index (κ3) is 4.20. The van der Waals surface area contributed by atoms with Crippen molar-refractivity contribution in [3.8, 4) is 17.6 Å². The molecule has 7 heteroatoms. The summed E-state index contributed by atoms with van der Waals surface area (Å²) >= 11 is 0. The number of nitrogens with one attached hydrogen (secondary N) is 2. The first-order valence-corrected chi connectivity index (χ1v) is 7.68. The molecule has 0 bridgehead atoms. The number of methoxy groups -OCH3 is 1. The molecule has 2 heterocycles. The minimum atomic E-state index is -0.885. The Kier molecular flexibility index (Phi) is 6.70. The number of H-pyrrole nitrogens is 1. The van der Waals surface area contributed by atoms with Crippen LogP contribution in [0.2, 0.25) is 0 Å². The van der Waals surface area contributed by atoms with Gasteiger partial charge in [-0.05, 0) is 24.3 Å². The minimum absolute atomic E-state index is 0. The van der Waals surface area contributed by atoms with Crippen LogP contribution < -0.4 is 10.1 Å². The van der Waals surface area contributed by atoms with E-state index < -0.39 is 5.97 Å². The SMILES string of the molecule is COc1cc[nH]c1/C=C1\C(=O)Nc2cccc(C#CCCC(=O)O)c21.[NaH]. The zero-order chi connectivity index (χ0) is 17.8. The molecule has 3 rings (SSSR count). The van der Waals surface area contributed by atoms with E-state index in [1.54, 1.807) is 31.5 Å². The number of rotatable bonds is 4. The number of hydrogen-bond donors (Lipinski definition) is 3. The molecule has 1 aromatic heterocycles. The van der Waals surface area contributed by atoms with Gasteiger partial charge in [0.05, 0.1) is 30.5 Å². The van der Waals surface area contributed by atoms with Crippen molar-refractivity contribution in [3.63, 3.8) is 0 Å². The van der Waals surface area contributed by atoms with Gasteiger partial charge in [-0.2, -0.15) is 0 Å². The molecule has 6 nitrogen and oxygen atoms in total. The van der Waals surface area contributed by atoms with E-state index in [0.29, 0.717) is 33.8 Å². The van der Waals surface area contributed by atoms with Gasteiger partial charge >= 0.3 is 35.5 Å². The zero-order valence-corrected chi connectivity index (χ0v) is 13.6. The molecule has 0 aliphatic carbocycles. The fraction of sp³-hybridized carbons (Fsp3) is 0.158. The average Bonchev–Trinajstić information content (AvgIpc) is 3.16. The van der Waals surface area contributed by atoms with Crippen LogP contribution in [0.15, 0.2) is 30.5 Å². The number of aromatic amines is 1. The third-order valence-electron chi connectivity index (χ3n) is 3.76. The maximum absolute atomic E-state index is 12.4. The number of anilines is 1. The number of carbonyl (C=O) groups excluding carboxylic acids is 1. The molecule has 0 radical (unpaired) electrons. The number of fused-ring (bicyclic) bond motifs is 1. The van der Waals surface area contributed by atoms with Crippen molar-refractivity contribution in [2.75, 3.05) is 12.4 Å². The van der Waals surface area contributed by atoms with Crippen LogP contribution in [0.4, 0.5) is 5.69 Å². The molecule has 1 aliphatic rings. The third-order valence-corrected chi connectivity index (χ3v) is 3.76. The van der Waals surface area contributed by atoms with Crippen LogP contribution in [-0.2, 0) is 9.59 Å². The number of aromatic nitrogens is 1. The van der Waals surface area contributed by atoms with Crippen LogP contribution in [0, 0.1) is 11.8 Å². The Morgan fingerprint density at radius 2 is 2.15 bits per heavy atom. The molecule has 1 aromatic carbocycles. The number of carboxylic acid groups (broad SMARTS) is 1. The van der Waals surface area contributed by atoms with E-state index in [9.17, 15) is 9.59 Å². The number of aliphatic carboxylic acids is 1. The molecule has 0 unspecified atom stereocenters. The van der Waals surface area contributed by atoms with Crippen molar-refractivity contribution in [2.45, 2.75) is 12.8 Å². The number of amides is 1. The van der Waals surface area contributed by atoms with Gasteiger partial charge in [-0.1, -0.05) is 17.9 Å². The van der Waals surface area contributed by atoms with E-state index in [0.717, 1.165) is 0 Å². The van der Waals surface area contributed by atoms with Crippen molar-refractivity contribution >= 4 is 58.8 Å². The van der Waals surface area contributed by atoms with Crippen LogP contribution >= 0.6 is 0 Å². The molecule has 2 aromatic rings. The Morgan fingerprint density at radius 1 is 1.35 bits per heavy atom. The number of benzene rings is 1. The Hall–Kier alpha value is -2.46. The van der Waals surface area contributed by atoms with Crippen molar-refractivity contribution in [1.82, 2.24) is 4.98 Å². The maximum atomic E-state index is 12.4. The predicted octanol–water partition coefficient (Wildman–Crippen LogP) is 2.08. The second-order valence-corrected chi connectivity index (χ2v) is 5.40. The second-order valence-electron chi connectivity index (χ2n) is 5.40. The molecule has 1 aliphatic heterocycles. The fourth-order valence-electron chi connectivity index (χ4n) is 2.62. The molecule has 0 atom stereocenters. The van der Waals surface area contributed by atoms with E-state index in [2.05, 4.69) is 22.1 Å². The van der Waals surface area contributed by atoms with E-state index >= 15 is 0 Å². The van der Waals surface area contributed by atoms with Crippen LogP contribution in [0.3, 0.4) is 0 Å². The molecule has 0 spiro atoms. The van der Waals surface area contributed by atoms with E-state index in [1.807, 2.05) is 12.1 Å². The number of carbonyl (C=O) groups is 2. The molecule has 0 saturated heterocycles. The number of carboxylic acids is 1. The predicted molar refractivity (Wildman–Crippen MR) is 101 cm³/mol. The quantitative estimate of drug-likeness (QED) is 0.442. The molecule has 3 N–H and O–H groups in total. The van der Waals surface area contributed by atoms with Gasteiger partial charge < -0.3 is 20.1 Å². The van der Waals surface area contributed by atoms with Crippen molar-refractivity contribution in [1.29, 1.82) is 0 Å². The summed E-state index contributed by atoms with van der Waals surface area (Å²) < 4.78 is 5.26. The summed E-state index contributed by atoms with van der Waals surface area (Å²) in [7, 11) is 1.56. The van der Waals surface area contributed by atoms with Crippen molar-refractivity contribution in [2.24, 2.45) is 0 Å². The second kappa shape index (κ2) is 8.77. The van der Waals surface area contributed by atoms with Gasteiger partial charge in [0.25, 0.3) is 5.91 Å². The number of hydrogen-bond acceptors (Lipinski definition) is 3. The summed E-state index contributed by atoms with van der Waals surface area (Å²) in [6.45, 7) is 0. The van der Waals surface area contributed by atoms with E-state index in [-0.39, 0.29) is 48.3 Å². The van der Waals surface area contributed by atoms with E-state index in [1.165, 1.54) is 0 Å². The first kappa shape index (κ1) is 19.9. The van der Waals surface area contributed by atoms with Crippen molar-refractivity contribution in [3.05, 3.63) is 47.3 Å². The first-order valence-electron chi connectivity index (χ1n) is 7.68. The van der Waals surface area contributed by atoms with E-state index in [4.69, 9.17) is 9.84 Å². The zero-order valence-electron chi connectivity index (χ0n) is 13.6. The van der Waals surface area contributed by atoms with Gasteiger partial charge in [-0.25, -0.2) is 0 Å². The standard InChI is InChI=1S/C19H16N2O4.Na.H/c1-25-16-9-10-20-15(16)11-13-18-12(5-2-3-8-17(22)23)6-4-7-14(18)21-19(13)24;;/h4,6-7,9-11,20H,3,8H2,1H3,(H,21,24)(H,22,23);;/b13-11-;;. The van der Waals surface area contributed by atoms with Crippen molar-refractivity contribution < 1.29 is 19.4 Å². The van der Waals surface area contributed by atoms with Gasteiger partial charge in [-0.15, -0.1) is 0 Å². The van der Waals surface area contributed by atoms with Gasteiger partial charge in [0, 0.05) is 23.7 Å². The molecular weight excluding hydrogens is 343 g/mol. The fourth-order valence-corrected chi connectivity index (χ4v) is 2.62. The summed E-state index contributed by atoms with van der Waals surface area (Å²) in [6, 6.07) is 7.20.